The molecule has 0 aromatic heterocycles. The molecule has 0 bridgehead atoms. The van der Waals surface area contributed by atoms with Crippen LogP contribution in [0, 0.1) is 0 Å². The maximum Gasteiger partial charge on any atom is 0.248 e. The predicted molar refractivity (Wildman–Crippen MR) is 128 cm³/mol. The first-order valence-electron chi connectivity index (χ1n) is 10.2. The van der Waals surface area contributed by atoms with Gasteiger partial charge in [-0.15, -0.1) is 24.0 Å². The van der Waals surface area contributed by atoms with Crippen LogP contribution in [0.1, 0.15) is 26.3 Å². The first-order valence-corrected chi connectivity index (χ1v) is 10.2. The van der Waals surface area contributed by atoms with Gasteiger partial charge in [-0.2, -0.15) is 0 Å². The van der Waals surface area contributed by atoms with Crippen LogP contribution in [0.5, 0.6) is 0 Å². The van der Waals surface area contributed by atoms with Crippen molar-refractivity contribution in [3.63, 3.8) is 0 Å². The molecule has 0 spiro atoms. The highest BCUT2D eigenvalue weighted by atomic mass is 127. The Hall–Kier alpha value is -1.39. The van der Waals surface area contributed by atoms with Crippen LogP contribution in [-0.2, 0) is 16.0 Å². The molecule has 29 heavy (non-hydrogen) atoms. The van der Waals surface area contributed by atoms with E-state index in [0.717, 1.165) is 58.0 Å². The molecular formula is C21H34IN5O2. The van der Waals surface area contributed by atoms with Crippen molar-refractivity contribution < 1.29 is 9.53 Å². The second-order valence-electron chi connectivity index (χ2n) is 7.88. The number of halogens is 1. The summed E-state index contributed by atoms with van der Waals surface area (Å²) in [4.78, 5) is 21.5. The van der Waals surface area contributed by atoms with Crippen LogP contribution >= 0.6 is 24.0 Å². The number of nitrogens with zero attached hydrogens (tertiary/aromatic N) is 3. The Kier molecular flexibility index (Phi) is 9.16. The standard InChI is InChI=1S/C21H33N5O2.HI/c1-4-22-20(24-16-21(2,3)25-11-13-28-14-12-25)23-15-19(27)26-10-9-17-7-5-6-8-18(17)26;/h5-8H,4,9-16H2,1-3H3,(H2,22,23,24);1H. The zero-order chi connectivity index (χ0) is 20.0. The maximum absolute atomic E-state index is 12.7. The highest BCUT2D eigenvalue weighted by Crippen LogP contribution is 2.27. The SMILES string of the molecule is CCNC(=NCC(=O)N1CCc2ccccc21)NCC(C)(C)N1CCOCC1.I. The molecule has 7 nitrogen and oxygen atoms in total. The van der Waals surface area contributed by atoms with Crippen LogP contribution in [0.3, 0.4) is 0 Å². The summed E-state index contributed by atoms with van der Waals surface area (Å²) in [5.74, 6) is 0.722. The van der Waals surface area contributed by atoms with Gasteiger partial charge in [-0.25, -0.2) is 4.99 Å². The fourth-order valence-electron chi connectivity index (χ4n) is 3.75. The number of amides is 1. The van der Waals surface area contributed by atoms with Crippen LogP contribution in [0.2, 0.25) is 0 Å². The monoisotopic (exact) mass is 515 g/mol. The summed E-state index contributed by atoms with van der Waals surface area (Å²) < 4.78 is 5.46. The van der Waals surface area contributed by atoms with E-state index in [2.05, 4.69) is 40.4 Å². The lowest BCUT2D eigenvalue weighted by Crippen LogP contribution is -2.56. The second-order valence-corrected chi connectivity index (χ2v) is 7.88. The van der Waals surface area contributed by atoms with Gasteiger partial charge >= 0.3 is 0 Å². The van der Waals surface area contributed by atoms with E-state index in [1.807, 2.05) is 30.0 Å². The van der Waals surface area contributed by atoms with E-state index in [1.54, 1.807) is 0 Å². The number of carbonyl (C=O) groups is 1. The highest BCUT2D eigenvalue weighted by molar-refractivity contribution is 14.0. The number of anilines is 1. The van der Waals surface area contributed by atoms with Crippen molar-refractivity contribution >= 4 is 41.5 Å². The molecule has 2 N–H and O–H groups in total. The summed E-state index contributed by atoms with van der Waals surface area (Å²) in [6.45, 7) is 12.3. The van der Waals surface area contributed by atoms with E-state index < -0.39 is 0 Å². The molecule has 3 rings (SSSR count). The average molecular weight is 515 g/mol. The summed E-state index contributed by atoms with van der Waals surface area (Å²) in [6, 6.07) is 8.10. The smallest absolute Gasteiger partial charge is 0.248 e. The number of hydrogen-bond acceptors (Lipinski definition) is 4. The number of guanidine groups is 1. The Bertz CT molecular complexity index is 704. The quantitative estimate of drug-likeness (QED) is 0.344. The zero-order valence-corrected chi connectivity index (χ0v) is 20.1. The van der Waals surface area contributed by atoms with E-state index in [-0.39, 0.29) is 42.0 Å². The van der Waals surface area contributed by atoms with E-state index in [9.17, 15) is 4.79 Å². The first kappa shape index (κ1) is 23.9. The minimum atomic E-state index is -0.0160. The minimum Gasteiger partial charge on any atom is -0.379 e. The number of benzene rings is 1. The Balaban J connectivity index is 0.00000300. The molecule has 0 atom stereocenters. The molecule has 2 heterocycles. The van der Waals surface area contributed by atoms with Gasteiger partial charge in [0.1, 0.15) is 6.54 Å². The molecule has 8 heteroatoms. The molecular weight excluding hydrogens is 481 g/mol. The molecule has 2 aliphatic heterocycles. The van der Waals surface area contributed by atoms with Crippen molar-refractivity contribution in [1.29, 1.82) is 0 Å². The summed E-state index contributed by atoms with van der Waals surface area (Å²) in [5.41, 5.74) is 2.24. The van der Waals surface area contributed by atoms with E-state index in [0.29, 0.717) is 5.96 Å². The Labute approximate surface area is 191 Å². The van der Waals surface area contributed by atoms with Crippen molar-refractivity contribution in [2.24, 2.45) is 4.99 Å². The summed E-state index contributed by atoms with van der Waals surface area (Å²) in [6.07, 6.45) is 0.914. The maximum atomic E-state index is 12.7. The first-order chi connectivity index (χ1) is 13.5. The van der Waals surface area contributed by atoms with Gasteiger partial charge in [-0.3, -0.25) is 9.69 Å². The number of carbonyl (C=O) groups excluding carboxylic acids is 1. The van der Waals surface area contributed by atoms with E-state index >= 15 is 0 Å². The number of aliphatic imine (C=N–C) groups is 1. The third kappa shape index (κ3) is 6.29. The molecule has 162 valence electrons. The normalized spacial score (nSPS) is 17.5. The van der Waals surface area contributed by atoms with Crippen molar-refractivity contribution in [3.05, 3.63) is 29.8 Å². The zero-order valence-electron chi connectivity index (χ0n) is 17.7. The number of ether oxygens (including phenoxy) is 1. The van der Waals surface area contributed by atoms with E-state index in [1.165, 1.54) is 5.56 Å². The van der Waals surface area contributed by atoms with Crippen molar-refractivity contribution in [2.45, 2.75) is 32.7 Å². The third-order valence-electron chi connectivity index (χ3n) is 5.46. The van der Waals surface area contributed by atoms with Crippen molar-refractivity contribution in [1.82, 2.24) is 15.5 Å². The second kappa shape index (κ2) is 11.1. The molecule has 0 saturated carbocycles. The van der Waals surface area contributed by atoms with E-state index in [4.69, 9.17) is 4.74 Å². The summed E-state index contributed by atoms with van der Waals surface area (Å²) >= 11 is 0. The molecule has 1 aromatic rings. The number of rotatable bonds is 6. The predicted octanol–water partition coefficient (Wildman–Crippen LogP) is 1.86. The highest BCUT2D eigenvalue weighted by Gasteiger charge is 2.28. The number of nitrogens with one attached hydrogen (secondary N) is 2. The molecule has 0 unspecified atom stereocenters. The molecule has 1 aromatic carbocycles. The Morgan fingerprint density at radius 3 is 2.62 bits per heavy atom. The molecule has 0 radical (unpaired) electrons. The number of morpholine rings is 1. The van der Waals surface area contributed by atoms with Gasteiger partial charge in [0.05, 0.1) is 13.2 Å². The van der Waals surface area contributed by atoms with Gasteiger partial charge in [-0.05, 0) is 38.8 Å². The topological polar surface area (TPSA) is 69.2 Å². The van der Waals surface area contributed by atoms with Crippen molar-refractivity contribution in [2.75, 3.05) is 57.4 Å². The molecule has 1 saturated heterocycles. The lowest BCUT2D eigenvalue weighted by molar-refractivity contribution is -0.117. The lowest BCUT2D eigenvalue weighted by atomic mass is 10.0. The van der Waals surface area contributed by atoms with Gasteiger partial charge in [0.25, 0.3) is 0 Å². The van der Waals surface area contributed by atoms with Gasteiger partial charge in [-0.1, -0.05) is 18.2 Å². The van der Waals surface area contributed by atoms with Gasteiger partial charge < -0.3 is 20.3 Å². The molecule has 1 fully saturated rings. The van der Waals surface area contributed by atoms with Gasteiger partial charge in [0.15, 0.2) is 5.96 Å². The molecule has 2 aliphatic rings. The minimum absolute atomic E-state index is 0. The van der Waals surface area contributed by atoms with Crippen molar-refractivity contribution in [3.8, 4) is 0 Å². The fraction of sp³-hybridized carbons (Fsp3) is 0.619. The van der Waals surface area contributed by atoms with Crippen LogP contribution < -0.4 is 15.5 Å². The average Bonchev–Trinajstić information content (AvgIpc) is 3.15. The number of hydrogen-bond donors (Lipinski definition) is 2. The van der Waals surface area contributed by atoms with Gasteiger partial charge in [0, 0.05) is 44.0 Å². The number of para-hydroxylation sites is 1. The largest absolute Gasteiger partial charge is 0.379 e. The van der Waals surface area contributed by atoms with Crippen LogP contribution in [-0.4, -0.2) is 74.8 Å². The summed E-state index contributed by atoms with van der Waals surface area (Å²) in [5, 5.41) is 6.66. The van der Waals surface area contributed by atoms with Crippen LogP contribution in [0.15, 0.2) is 29.3 Å². The molecule has 0 aliphatic carbocycles. The number of fused-ring (bicyclic) bond motifs is 1. The Morgan fingerprint density at radius 1 is 1.17 bits per heavy atom. The van der Waals surface area contributed by atoms with Crippen LogP contribution in [0.4, 0.5) is 5.69 Å². The van der Waals surface area contributed by atoms with Gasteiger partial charge in [0.2, 0.25) is 5.91 Å². The molecule has 1 amide bonds. The third-order valence-corrected chi connectivity index (χ3v) is 5.46. The summed E-state index contributed by atoms with van der Waals surface area (Å²) in [7, 11) is 0. The van der Waals surface area contributed by atoms with Crippen LogP contribution in [0.25, 0.3) is 0 Å². The Morgan fingerprint density at radius 2 is 1.90 bits per heavy atom. The fourth-order valence-corrected chi connectivity index (χ4v) is 3.75. The lowest BCUT2D eigenvalue weighted by Gasteiger charge is -2.41.